The summed E-state index contributed by atoms with van der Waals surface area (Å²) in [5, 5.41) is 13.2. The highest BCUT2D eigenvalue weighted by molar-refractivity contribution is 4.90. The zero-order chi connectivity index (χ0) is 11.5. The second-order valence-electron chi connectivity index (χ2n) is 6.06. The lowest BCUT2D eigenvalue weighted by Gasteiger charge is -2.38. The summed E-state index contributed by atoms with van der Waals surface area (Å²) in [6.45, 7) is 5.14. The van der Waals surface area contributed by atoms with E-state index in [1.165, 1.54) is 38.5 Å². The molecule has 2 nitrogen and oxygen atoms in total. The van der Waals surface area contributed by atoms with Crippen LogP contribution in [0, 0.1) is 17.8 Å². The highest BCUT2D eigenvalue weighted by atomic mass is 16.3. The van der Waals surface area contributed by atoms with Crippen LogP contribution in [0.5, 0.6) is 0 Å². The Hall–Kier alpha value is -0.0800. The first-order valence-electron chi connectivity index (χ1n) is 7.09. The van der Waals surface area contributed by atoms with Gasteiger partial charge in [0.25, 0.3) is 0 Å². The van der Waals surface area contributed by atoms with Crippen LogP contribution in [0.1, 0.15) is 52.4 Å². The van der Waals surface area contributed by atoms with Crippen molar-refractivity contribution in [1.82, 2.24) is 5.32 Å². The number of nitrogens with one attached hydrogen (secondary N) is 1. The molecule has 4 atom stereocenters. The lowest BCUT2D eigenvalue weighted by atomic mass is 9.78. The van der Waals surface area contributed by atoms with E-state index in [0.29, 0.717) is 24.6 Å². The van der Waals surface area contributed by atoms with Gasteiger partial charge in [-0.3, -0.25) is 0 Å². The molecule has 0 bridgehead atoms. The van der Waals surface area contributed by atoms with E-state index in [-0.39, 0.29) is 0 Å². The first-order valence-corrected chi connectivity index (χ1v) is 7.09. The molecule has 2 aliphatic rings. The molecule has 2 saturated carbocycles. The molecule has 94 valence electrons. The number of aliphatic hydroxyl groups is 1. The van der Waals surface area contributed by atoms with E-state index in [1.807, 2.05) is 0 Å². The quantitative estimate of drug-likeness (QED) is 0.773. The summed E-state index contributed by atoms with van der Waals surface area (Å²) < 4.78 is 0. The highest BCUT2D eigenvalue weighted by Crippen LogP contribution is 2.32. The first-order chi connectivity index (χ1) is 7.72. The summed E-state index contributed by atoms with van der Waals surface area (Å²) in [7, 11) is 0. The van der Waals surface area contributed by atoms with Gasteiger partial charge in [-0.05, 0) is 43.4 Å². The van der Waals surface area contributed by atoms with Crippen LogP contribution in [0.15, 0.2) is 0 Å². The second kappa shape index (κ2) is 5.50. The fourth-order valence-electron chi connectivity index (χ4n) is 3.73. The molecule has 0 aliphatic heterocycles. The van der Waals surface area contributed by atoms with Crippen LogP contribution >= 0.6 is 0 Å². The Morgan fingerprint density at radius 1 is 1.00 bits per heavy atom. The third-order valence-corrected chi connectivity index (χ3v) is 4.85. The Morgan fingerprint density at radius 3 is 2.25 bits per heavy atom. The molecule has 0 heterocycles. The number of hydrogen-bond acceptors (Lipinski definition) is 2. The fourth-order valence-corrected chi connectivity index (χ4v) is 3.73. The fraction of sp³-hybridized carbons (Fsp3) is 1.00. The Labute approximate surface area is 99.8 Å². The topological polar surface area (TPSA) is 32.3 Å². The van der Waals surface area contributed by atoms with Gasteiger partial charge in [0.2, 0.25) is 0 Å². The molecule has 0 saturated heterocycles. The Kier molecular flexibility index (Phi) is 4.26. The Bertz CT molecular complexity index is 209. The van der Waals surface area contributed by atoms with Gasteiger partial charge in [-0.1, -0.05) is 26.7 Å². The Morgan fingerprint density at radius 2 is 1.62 bits per heavy atom. The predicted octanol–water partition coefficient (Wildman–Crippen LogP) is 2.56. The van der Waals surface area contributed by atoms with Crippen molar-refractivity contribution < 1.29 is 5.11 Å². The average molecular weight is 225 g/mol. The third-order valence-electron chi connectivity index (χ3n) is 4.85. The Balaban J connectivity index is 1.91. The van der Waals surface area contributed by atoms with Gasteiger partial charge >= 0.3 is 0 Å². The molecule has 0 aromatic rings. The molecule has 0 radical (unpaired) electrons. The molecule has 4 unspecified atom stereocenters. The van der Waals surface area contributed by atoms with Crippen molar-refractivity contribution in [2.45, 2.75) is 64.5 Å². The van der Waals surface area contributed by atoms with Crippen LogP contribution in [0.3, 0.4) is 0 Å². The van der Waals surface area contributed by atoms with Crippen LogP contribution in [-0.2, 0) is 0 Å². The van der Waals surface area contributed by atoms with Crippen molar-refractivity contribution in [2.75, 3.05) is 6.61 Å². The molecular formula is C14H27NO. The summed E-state index contributed by atoms with van der Waals surface area (Å²) in [5.74, 6) is 2.13. The summed E-state index contributed by atoms with van der Waals surface area (Å²) >= 11 is 0. The van der Waals surface area contributed by atoms with Crippen molar-refractivity contribution in [3.63, 3.8) is 0 Å². The molecule has 16 heavy (non-hydrogen) atoms. The third kappa shape index (κ3) is 2.60. The molecule has 0 amide bonds. The lowest BCUT2D eigenvalue weighted by Crippen LogP contribution is -2.49. The molecule has 2 rings (SSSR count). The van der Waals surface area contributed by atoms with E-state index in [4.69, 9.17) is 0 Å². The monoisotopic (exact) mass is 225 g/mol. The van der Waals surface area contributed by atoms with Crippen LogP contribution in [0.25, 0.3) is 0 Å². The number of rotatable bonds is 3. The van der Waals surface area contributed by atoms with E-state index < -0.39 is 0 Å². The second-order valence-corrected chi connectivity index (χ2v) is 6.06. The van der Waals surface area contributed by atoms with Crippen molar-refractivity contribution in [3.05, 3.63) is 0 Å². The van der Waals surface area contributed by atoms with Gasteiger partial charge in [0.05, 0.1) is 0 Å². The van der Waals surface area contributed by atoms with Crippen LogP contribution in [-0.4, -0.2) is 23.8 Å². The van der Waals surface area contributed by atoms with Gasteiger partial charge in [0.1, 0.15) is 0 Å². The average Bonchev–Trinajstić information content (AvgIpc) is 2.71. The minimum Gasteiger partial charge on any atom is -0.396 e. The van der Waals surface area contributed by atoms with Crippen molar-refractivity contribution in [3.8, 4) is 0 Å². The predicted molar refractivity (Wildman–Crippen MR) is 67.3 cm³/mol. The van der Waals surface area contributed by atoms with Gasteiger partial charge in [0, 0.05) is 18.7 Å². The standard InChI is InChI=1S/C14H27NO/c1-10-5-3-6-11(2)14(10)15-13-8-4-7-12(13)9-16/h10-16H,3-9H2,1-2H3. The lowest BCUT2D eigenvalue weighted by molar-refractivity contribution is 0.154. The molecular weight excluding hydrogens is 198 g/mol. The SMILES string of the molecule is CC1CCCC(C)C1NC1CCCC1CO. The largest absolute Gasteiger partial charge is 0.396 e. The molecule has 0 spiro atoms. The zero-order valence-electron chi connectivity index (χ0n) is 10.8. The van der Waals surface area contributed by atoms with E-state index in [2.05, 4.69) is 19.2 Å². The maximum Gasteiger partial charge on any atom is 0.0474 e. The van der Waals surface area contributed by atoms with Crippen LogP contribution in [0.4, 0.5) is 0 Å². The summed E-state index contributed by atoms with van der Waals surface area (Å²) in [4.78, 5) is 0. The van der Waals surface area contributed by atoms with Crippen LogP contribution in [0.2, 0.25) is 0 Å². The molecule has 2 heteroatoms. The molecule has 2 fully saturated rings. The minimum atomic E-state index is 0.368. The first kappa shape index (κ1) is 12.4. The molecule has 2 aliphatic carbocycles. The van der Waals surface area contributed by atoms with Gasteiger partial charge in [-0.15, -0.1) is 0 Å². The number of aliphatic hydroxyl groups excluding tert-OH is 1. The van der Waals surface area contributed by atoms with E-state index in [1.54, 1.807) is 0 Å². The summed E-state index contributed by atoms with van der Waals surface area (Å²) in [5.41, 5.74) is 0. The van der Waals surface area contributed by atoms with Gasteiger partial charge in [0.15, 0.2) is 0 Å². The molecule has 0 aromatic heterocycles. The minimum absolute atomic E-state index is 0.368. The summed E-state index contributed by atoms with van der Waals surface area (Å²) in [6, 6.07) is 1.27. The van der Waals surface area contributed by atoms with E-state index in [9.17, 15) is 5.11 Å². The zero-order valence-corrected chi connectivity index (χ0v) is 10.8. The summed E-state index contributed by atoms with van der Waals surface area (Å²) in [6.07, 6.45) is 7.91. The van der Waals surface area contributed by atoms with Gasteiger partial charge in [-0.25, -0.2) is 0 Å². The highest BCUT2D eigenvalue weighted by Gasteiger charge is 2.33. The normalized spacial score (nSPS) is 44.8. The van der Waals surface area contributed by atoms with Crippen LogP contribution < -0.4 is 5.32 Å². The van der Waals surface area contributed by atoms with Gasteiger partial charge in [-0.2, -0.15) is 0 Å². The van der Waals surface area contributed by atoms with E-state index >= 15 is 0 Å². The maximum absolute atomic E-state index is 9.36. The number of hydrogen-bond donors (Lipinski definition) is 2. The van der Waals surface area contributed by atoms with Gasteiger partial charge < -0.3 is 10.4 Å². The van der Waals surface area contributed by atoms with E-state index in [0.717, 1.165) is 11.8 Å². The molecule has 2 N–H and O–H groups in total. The maximum atomic E-state index is 9.36. The van der Waals surface area contributed by atoms with Crippen molar-refractivity contribution in [2.24, 2.45) is 17.8 Å². The molecule has 0 aromatic carbocycles. The van der Waals surface area contributed by atoms with Crippen molar-refractivity contribution >= 4 is 0 Å². The van der Waals surface area contributed by atoms with Crippen molar-refractivity contribution in [1.29, 1.82) is 0 Å². The smallest absolute Gasteiger partial charge is 0.0474 e.